The minimum atomic E-state index is -0.294. The molecule has 24 heavy (non-hydrogen) atoms. The predicted molar refractivity (Wildman–Crippen MR) is 92.3 cm³/mol. The van der Waals surface area contributed by atoms with Gasteiger partial charge in [-0.25, -0.2) is 5.43 Å². The maximum Gasteiger partial charge on any atom is 0.271 e. The highest BCUT2D eigenvalue weighted by Gasteiger charge is 2.11. The molecule has 0 unspecified atom stereocenters. The number of carbonyl (C=O) groups excluding carboxylic acids is 1. The van der Waals surface area contributed by atoms with E-state index in [-0.39, 0.29) is 5.91 Å². The summed E-state index contributed by atoms with van der Waals surface area (Å²) >= 11 is 0. The van der Waals surface area contributed by atoms with Crippen molar-refractivity contribution < 1.29 is 19.0 Å². The second kappa shape index (κ2) is 8.01. The van der Waals surface area contributed by atoms with Crippen LogP contribution in [0.5, 0.6) is 17.2 Å². The summed E-state index contributed by atoms with van der Waals surface area (Å²) in [6.45, 7) is 1.96. The number of amides is 1. The lowest BCUT2D eigenvalue weighted by Crippen LogP contribution is -2.17. The first kappa shape index (κ1) is 17.3. The van der Waals surface area contributed by atoms with Crippen LogP contribution in [0.1, 0.15) is 21.5 Å². The van der Waals surface area contributed by atoms with Crippen LogP contribution in [-0.2, 0) is 0 Å². The standard InChI is InChI=1S/C18H20N2O4/c1-12-5-7-13(8-6-12)18(21)20-19-11-15-16(23-3)9-14(22-2)10-17(15)24-4/h5-11H,1-4H3,(H,20,21)/b19-11-. The average Bonchev–Trinajstić information content (AvgIpc) is 2.61. The van der Waals surface area contributed by atoms with E-state index in [0.717, 1.165) is 5.56 Å². The first-order valence-electron chi connectivity index (χ1n) is 7.29. The molecule has 0 aliphatic heterocycles. The van der Waals surface area contributed by atoms with E-state index in [0.29, 0.717) is 28.4 Å². The predicted octanol–water partition coefficient (Wildman–Crippen LogP) is 2.78. The third kappa shape index (κ3) is 4.04. The normalized spacial score (nSPS) is 10.5. The van der Waals surface area contributed by atoms with Crippen molar-refractivity contribution in [2.75, 3.05) is 21.3 Å². The largest absolute Gasteiger partial charge is 0.496 e. The molecule has 1 amide bonds. The van der Waals surface area contributed by atoms with Crippen LogP contribution in [0.4, 0.5) is 0 Å². The summed E-state index contributed by atoms with van der Waals surface area (Å²) in [5.74, 6) is 1.36. The van der Waals surface area contributed by atoms with Gasteiger partial charge in [0.25, 0.3) is 5.91 Å². The average molecular weight is 328 g/mol. The van der Waals surface area contributed by atoms with Gasteiger partial charge in [0.2, 0.25) is 0 Å². The molecule has 0 fully saturated rings. The van der Waals surface area contributed by atoms with E-state index < -0.39 is 0 Å². The zero-order chi connectivity index (χ0) is 17.5. The molecule has 0 radical (unpaired) electrons. The molecule has 2 aromatic carbocycles. The van der Waals surface area contributed by atoms with E-state index >= 15 is 0 Å². The highest BCUT2D eigenvalue weighted by Crippen LogP contribution is 2.32. The van der Waals surface area contributed by atoms with Crippen LogP contribution in [0.15, 0.2) is 41.5 Å². The Morgan fingerprint density at radius 2 is 1.58 bits per heavy atom. The second-order valence-electron chi connectivity index (χ2n) is 5.01. The number of aryl methyl sites for hydroxylation is 1. The smallest absolute Gasteiger partial charge is 0.271 e. The Balaban J connectivity index is 2.19. The van der Waals surface area contributed by atoms with Crippen LogP contribution < -0.4 is 19.6 Å². The van der Waals surface area contributed by atoms with Gasteiger partial charge in [0.05, 0.1) is 33.1 Å². The Hall–Kier alpha value is -3.02. The number of carbonyl (C=O) groups is 1. The molecule has 0 bridgehead atoms. The SMILES string of the molecule is COc1cc(OC)c(/C=N\NC(=O)c2ccc(C)cc2)c(OC)c1. The fourth-order valence-electron chi connectivity index (χ4n) is 2.08. The second-order valence-corrected chi connectivity index (χ2v) is 5.01. The quantitative estimate of drug-likeness (QED) is 0.654. The topological polar surface area (TPSA) is 69.2 Å². The lowest BCUT2D eigenvalue weighted by Gasteiger charge is -2.12. The third-order valence-electron chi connectivity index (χ3n) is 3.43. The Kier molecular flexibility index (Phi) is 5.78. The molecule has 0 aliphatic carbocycles. The third-order valence-corrected chi connectivity index (χ3v) is 3.43. The molecule has 2 aromatic rings. The van der Waals surface area contributed by atoms with Gasteiger partial charge in [-0.2, -0.15) is 5.10 Å². The fraction of sp³-hybridized carbons (Fsp3) is 0.222. The van der Waals surface area contributed by atoms with E-state index in [2.05, 4.69) is 10.5 Å². The van der Waals surface area contributed by atoms with E-state index in [1.165, 1.54) is 20.4 Å². The number of hydrogen-bond acceptors (Lipinski definition) is 5. The fourth-order valence-corrected chi connectivity index (χ4v) is 2.08. The molecule has 0 atom stereocenters. The molecule has 0 saturated carbocycles. The molecular formula is C18H20N2O4. The first-order valence-corrected chi connectivity index (χ1v) is 7.29. The van der Waals surface area contributed by atoms with Gasteiger partial charge in [-0.1, -0.05) is 17.7 Å². The Bertz CT molecular complexity index is 714. The van der Waals surface area contributed by atoms with Crippen molar-refractivity contribution in [3.8, 4) is 17.2 Å². The van der Waals surface area contributed by atoms with Crippen molar-refractivity contribution >= 4 is 12.1 Å². The van der Waals surface area contributed by atoms with E-state index in [1.54, 1.807) is 31.4 Å². The maximum absolute atomic E-state index is 12.0. The van der Waals surface area contributed by atoms with Gasteiger partial charge in [-0.15, -0.1) is 0 Å². The summed E-state index contributed by atoms with van der Waals surface area (Å²) in [5, 5.41) is 3.99. The maximum atomic E-state index is 12.0. The van der Waals surface area contributed by atoms with Crippen molar-refractivity contribution in [2.24, 2.45) is 5.10 Å². The summed E-state index contributed by atoms with van der Waals surface area (Å²) in [6.07, 6.45) is 1.48. The van der Waals surface area contributed by atoms with Crippen LogP contribution in [0.25, 0.3) is 0 Å². The number of nitrogens with zero attached hydrogens (tertiary/aromatic N) is 1. The summed E-state index contributed by atoms with van der Waals surface area (Å²) in [5.41, 5.74) is 4.71. The van der Waals surface area contributed by atoms with Crippen molar-refractivity contribution in [3.05, 3.63) is 53.1 Å². The molecule has 2 rings (SSSR count). The number of nitrogens with one attached hydrogen (secondary N) is 1. The van der Waals surface area contributed by atoms with Crippen LogP contribution >= 0.6 is 0 Å². The first-order chi connectivity index (χ1) is 11.6. The Labute approximate surface area is 141 Å². The lowest BCUT2D eigenvalue weighted by molar-refractivity contribution is 0.0955. The van der Waals surface area contributed by atoms with E-state index in [4.69, 9.17) is 14.2 Å². The minimum absolute atomic E-state index is 0.294. The molecule has 6 heteroatoms. The molecule has 0 spiro atoms. The Morgan fingerprint density at radius 3 is 2.08 bits per heavy atom. The van der Waals surface area contributed by atoms with Crippen molar-refractivity contribution in [1.82, 2.24) is 5.43 Å². The number of methoxy groups -OCH3 is 3. The van der Waals surface area contributed by atoms with Crippen LogP contribution in [0.3, 0.4) is 0 Å². The molecule has 0 heterocycles. The summed E-state index contributed by atoms with van der Waals surface area (Å²) in [7, 11) is 4.64. The highest BCUT2D eigenvalue weighted by molar-refractivity contribution is 5.95. The van der Waals surface area contributed by atoms with Crippen molar-refractivity contribution in [3.63, 3.8) is 0 Å². The number of ether oxygens (including phenoxy) is 3. The van der Waals surface area contributed by atoms with Gasteiger partial charge in [0.15, 0.2) is 0 Å². The summed E-state index contributed by atoms with van der Waals surface area (Å²) < 4.78 is 15.8. The van der Waals surface area contributed by atoms with Crippen LogP contribution in [0.2, 0.25) is 0 Å². The zero-order valence-electron chi connectivity index (χ0n) is 14.1. The van der Waals surface area contributed by atoms with Crippen LogP contribution in [-0.4, -0.2) is 33.5 Å². The van der Waals surface area contributed by atoms with Crippen molar-refractivity contribution in [1.29, 1.82) is 0 Å². The number of benzene rings is 2. The molecule has 6 nitrogen and oxygen atoms in total. The van der Waals surface area contributed by atoms with E-state index in [9.17, 15) is 4.79 Å². The van der Waals surface area contributed by atoms with Crippen molar-refractivity contribution in [2.45, 2.75) is 6.92 Å². The molecular weight excluding hydrogens is 308 g/mol. The molecule has 0 aliphatic rings. The lowest BCUT2D eigenvalue weighted by atomic mass is 10.1. The van der Waals surface area contributed by atoms with Gasteiger partial charge < -0.3 is 14.2 Å². The molecule has 1 N–H and O–H groups in total. The van der Waals surface area contributed by atoms with Gasteiger partial charge in [-0.3, -0.25) is 4.79 Å². The molecule has 0 saturated heterocycles. The number of hydrazone groups is 1. The minimum Gasteiger partial charge on any atom is -0.496 e. The molecule has 0 aromatic heterocycles. The van der Waals surface area contributed by atoms with Gasteiger partial charge in [-0.05, 0) is 19.1 Å². The monoisotopic (exact) mass is 328 g/mol. The highest BCUT2D eigenvalue weighted by atomic mass is 16.5. The van der Waals surface area contributed by atoms with Gasteiger partial charge in [0, 0.05) is 17.7 Å². The summed E-state index contributed by atoms with van der Waals surface area (Å²) in [6, 6.07) is 10.7. The molecule has 126 valence electrons. The van der Waals surface area contributed by atoms with E-state index in [1.807, 2.05) is 19.1 Å². The van der Waals surface area contributed by atoms with Gasteiger partial charge >= 0.3 is 0 Å². The Morgan fingerprint density at radius 1 is 1.00 bits per heavy atom. The van der Waals surface area contributed by atoms with Crippen LogP contribution in [0, 0.1) is 6.92 Å². The summed E-state index contributed by atoms with van der Waals surface area (Å²) in [4.78, 5) is 12.0. The van der Waals surface area contributed by atoms with Gasteiger partial charge in [0.1, 0.15) is 17.2 Å². The zero-order valence-corrected chi connectivity index (χ0v) is 14.1. The number of hydrogen-bond donors (Lipinski definition) is 1. The number of rotatable bonds is 6.